The van der Waals surface area contributed by atoms with Crippen molar-refractivity contribution in [1.82, 2.24) is 0 Å². The molecule has 0 fully saturated rings. The molecule has 0 saturated heterocycles. The molecule has 2 rings (SSSR count). The third-order valence-corrected chi connectivity index (χ3v) is 3.46. The van der Waals surface area contributed by atoms with Gasteiger partial charge >= 0.3 is 0 Å². The van der Waals surface area contributed by atoms with E-state index in [1.165, 1.54) is 11.1 Å². The highest BCUT2D eigenvalue weighted by Gasteiger charge is 2.05. The van der Waals surface area contributed by atoms with E-state index >= 15 is 0 Å². The Morgan fingerprint density at radius 1 is 1.00 bits per heavy atom. The maximum absolute atomic E-state index is 5.68. The fourth-order valence-corrected chi connectivity index (χ4v) is 2.08. The van der Waals surface area contributed by atoms with Gasteiger partial charge in [0.15, 0.2) is 0 Å². The molecule has 2 aromatic carbocycles. The second-order valence-corrected chi connectivity index (χ2v) is 5.24. The molecule has 0 heterocycles. The molecule has 0 radical (unpaired) electrons. The zero-order valence-corrected chi connectivity index (χ0v) is 13.1. The molecule has 0 aliphatic carbocycles. The molecule has 0 atom stereocenters. The van der Waals surface area contributed by atoms with Gasteiger partial charge in [0.25, 0.3) is 0 Å². The summed E-state index contributed by atoms with van der Waals surface area (Å²) in [6, 6.07) is 13.5. The number of thiocarbonyl (C=S) groups is 1. The predicted molar refractivity (Wildman–Crippen MR) is 89.2 cm³/mol. The lowest BCUT2D eigenvalue weighted by Crippen LogP contribution is -2.14. The van der Waals surface area contributed by atoms with Crippen LogP contribution in [0.5, 0.6) is 11.5 Å². The van der Waals surface area contributed by atoms with Crippen LogP contribution < -0.4 is 15.2 Å². The maximum atomic E-state index is 5.68. The van der Waals surface area contributed by atoms with E-state index in [0.29, 0.717) is 24.0 Å². The second kappa shape index (κ2) is 7.09. The van der Waals surface area contributed by atoms with Crippen LogP contribution in [0.1, 0.15) is 16.7 Å². The van der Waals surface area contributed by atoms with Crippen molar-refractivity contribution in [3.8, 4) is 11.5 Å². The van der Waals surface area contributed by atoms with Gasteiger partial charge in [-0.15, -0.1) is 0 Å². The summed E-state index contributed by atoms with van der Waals surface area (Å²) in [6.45, 7) is 5.05. The van der Waals surface area contributed by atoms with Gasteiger partial charge in [0.05, 0.1) is 5.56 Å². The van der Waals surface area contributed by atoms with Crippen molar-refractivity contribution in [2.75, 3.05) is 13.2 Å². The van der Waals surface area contributed by atoms with Crippen molar-refractivity contribution in [2.45, 2.75) is 13.8 Å². The molecule has 4 heteroatoms. The Labute approximate surface area is 130 Å². The standard InChI is InChI=1S/C17H19NO2S/c1-12-7-8-14(11-13(12)2)19-9-10-20-16-6-4-3-5-15(16)17(18)21/h3-8,11H,9-10H2,1-2H3,(H2,18,21). The van der Waals surface area contributed by atoms with Crippen LogP contribution in [0.3, 0.4) is 0 Å². The quantitative estimate of drug-likeness (QED) is 0.656. The van der Waals surface area contributed by atoms with E-state index in [-0.39, 0.29) is 0 Å². The third-order valence-electron chi connectivity index (χ3n) is 3.24. The predicted octanol–water partition coefficient (Wildman–Crippen LogP) is 3.40. The van der Waals surface area contributed by atoms with E-state index in [4.69, 9.17) is 27.4 Å². The molecule has 0 aromatic heterocycles. The highest BCUT2D eigenvalue weighted by atomic mass is 32.1. The van der Waals surface area contributed by atoms with Crippen molar-refractivity contribution in [2.24, 2.45) is 5.73 Å². The zero-order chi connectivity index (χ0) is 15.2. The van der Waals surface area contributed by atoms with Crippen molar-refractivity contribution in [3.05, 3.63) is 59.2 Å². The van der Waals surface area contributed by atoms with Crippen molar-refractivity contribution in [1.29, 1.82) is 0 Å². The maximum Gasteiger partial charge on any atom is 0.129 e. The highest BCUT2D eigenvalue weighted by molar-refractivity contribution is 7.80. The van der Waals surface area contributed by atoms with Crippen molar-refractivity contribution < 1.29 is 9.47 Å². The van der Waals surface area contributed by atoms with Gasteiger partial charge < -0.3 is 15.2 Å². The fourth-order valence-electron chi connectivity index (χ4n) is 1.91. The smallest absolute Gasteiger partial charge is 0.129 e. The van der Waals surface area contributed by atoms with Gasteiger partial charge in [-0.2, -0.15) is 0 Å². The number of hydrogen-bond acceptors (Lipinski definition) is 3. The molecule has 3 nitrogen and oxygen atoms in total. The molecule has 0 aliphatic rings. The van der Waals surface area contributed by atoms with Crippen LogP contribution in [0.2, 0.25) is 0 Å². The fraction of sp³-hybridized carbons (Fsp3) is 0.235. The van der Waals surface area contributed by atoms with E-state index in [1.54, 1.807) is 0 Å². The van der Waals surface area contributed by atoms with Crippen LogP contribution in [-0.4, -0.2) is 18.2 Å². The van der Waals surface area contributed by atoms with Crippen LogP contribution in [0.25, 0.3) is 0 Å². The normalized spacial score (nSPS) is 10.2. The van der Waals surface area contributed by atoms with Gasteiger partial charge in [0.2, 0.25) is 0 Å². The van der Waals surface area contributed by atoms with Gasteiger partial charge in [-0.1, -0.05) is 30.4 Å². The molecule has 0 unspecified atom stereocenters. The average molecular weight is 301 g/mol. The molecule has 0 amide bonds. The number of benzene rings is 2. The molecule has 2 aromatic rings. The van der Waals surface area contributed by atoms with Crippen LogP contribution >= 0.6 is 12.2 Å². The SMILES string of the molecule is Cc1ccc(OCCOc2ccccc2C(N)=S)cc1C. The van der Waals surface area contributed by atoms with Crippen molar-refractivity contribution >= 4 is 17.2 Å². The molecule has 21 heavy (non-hydrogen) atoms. The van der Waals surface area contributed by atoms with E-state index in [1.807, 2.05) is 42.5 Å². The van der Waals surface area contributed by atoms with Gasteiger partial charge in [0, 0.05) is 0 Å². The minimum absolute atomic E-state index is 0.334. The van der Waals surface area contributed by atoms with Gasteiger partial charge in [-0.25, -0.2) is 0 Å². The van der Waals surface area contributed by atoms with E-state index in [0.717, 1.165) is 11.3 Å². The Balaban J connectivity index is 1.87. The van der Waals surface area contributed by atoms with Gasteiger partial charge in [0.1, 0.15) is 29.7 Å². The summed E-state index contributed by atoms with van der Waals surface area (Å²) in [5.41, 5.74) is 8.88. The third kappa shape index (κ3) is 4.20. The first-order chi connectivity index (χ1) is 10.1. The molecule has 0 saturated carbocycles. The van der Waals surface area contributed by atoms with Crippen LogP contribution in [0.4, 0.5) is 0 Å². The Kier molecular flexibility index (Phi) is 5.17. The summed E-state index contributed by atoms with van der Waals surface area (Å²) < 4.78 is 11.4. The molecule has 0 bridgehead atoms. The van der Waals surface area contributed by atoms with E-state index in [9.17, 15) is 0 Å². The number of hydrogen-bond donors (Lipinski definition) is 1. The largest absolute Gasteiger partial charge is 0.490 e. The molecule has 0 spiro atoms. The molecule has 2 N–H and O–H groups in total. The Morgan fingerprint density at radius 3 is 2.43 bits per heavy atom. The first-order valence-corrected chi connectivity index (χ1v) is 7.20. The van der Waals surface area contributed by atoms with E-state index in [2.05, 4.69) is 13.8 Å². The highest BCUT2D eigenvalue weighted by Crippen LogP contribution is 2.18. The summed E-state index contributed by atoms with van der Waals surface area (Å²) in [6.07, 6.45) is 0. The Morgan fingerprint density at radius 2 is 1.71 bits per heavy atom. The van der Waals surface area contributed by atoms with Crippen molar-refractivity contribution in [3.63, 3.8) is 0 Å². The summed E-state index contributed by atoms with van der Waals surface area (Å²) in [5.74, 6) is 1.54. The number of nitrogens with two attached hydrogens (primary N) is 1. The van der Waals surface area contributed by atoms with Crippen LogP contribution in [0, 0.1) is 13.8 Å². The lowest BCUT2D eigenvalue weighted by molar-refractivity contribution is 0.217. The lowest BCUT2D eigenvalue weighted by atomic mass is 10.1. The van der Waals surface area contributed by atoms with Crippen LogP contribution in [0.15, 0.2) is 42.5 Å². The summed E-state index contributed by atoms with van der Waals surface area (Å²) >= 11 is 5.00. The lowest BCUT2D eigenvalue weighted by Gasteiger charge is -2.12. The summed E-state index contributed by atoms with van der Waals surface area (Å²) in [4.78, 5) is 0.334. The molecular formula is C17H19NO2S. The topological polar surface area (TPSA) is 44.5 Å². The monoisotopic (exact) mass is 301 g/mol. The number of rotatable bonds is 6. The Hall–Kier alpha value is -2.07. The second-order valence-electron chi connectivity index (χ2n) is 4.80. The molecule has 0 aliphatic heterocycles. The minimum Gasteiger partial charge on any atom is -0.490 e. The molecular weight excluding hydrogens is 282 g/mol. The van der Waals surface area contributed by atoms with Gasteiger partial charge in [-0.3, -0.25) is 0 Å². The van der Waals surface area contributed by atoms with E-state index < -0.39 is 0 Å². The Bertz CT molecular complexity index is 640. The molecule has 110 valence electrons. The number of aryl methyl sites for hydroxylation is 2. The average Bonchev–Trinajstić information content (AvgIpc) is 2.47. The summed E-state index contributed by atoms with van der Waals surface area (Å²) in [7, 11) is 0. The number of ether oxygens (including phenoxy) is 2. The zero-order valence-electron chi connectivity index (χ0n) is 12.3. The minimum atomic E-state index is 0.334. The number of para-hydroxylation sites is 1. The first kappa shape index (κ1) is 15.3. The summed E-state index contributed by atoms with van der Waals surface area (Å²) in [5, 5.41) is 0. The van der Waals surface area contributed by atoms with Crippen LogP contribution in [-0.2, 0) is 0 Å². The van der Waals surface area contributed by atoms with Gasteiger partial charge in [-0.05, 0) is 49.2 Å². The first-order valence-electron chi connectivity index (χ1n) is 6.79.